The van der Waals surface area contributed by atoms with Crippen LogP contribution in [-0.2, 0) is 10.0 Å². The van der Waals surface area contributed by atoms with E-state index in [0.717, 1.165) is 12.1 Å². The highest BCUT2D eigenvalue weighted by Crippen LogP contribution is 2.23. The van der Waals surface area contributed by atoms with Gasteiger partial charge in [-0.25, -0.2) is 8.42 Å². The van der Waals surface area contributed by atoms with E-state index < -0.39 is 10.0 Å². The van der Waals surface area contributed by atoms with Crippen molar-refractivity contribution in [1.29, 1.82) is 0 Å². The van der Waals surface area contributed by atoms with Crippen molar-refractivity contribution in [2.75, 3.05) is 13.1 Å². The molecule has 0 spiro atoms. The number of nitrogens with zero attached hydrogens (tertiary/aromatic N) is 3. The van der Waals surface area contributed by atoms with Crippen LogP contribution in [0, 0.1) is 6.92 Å². The molecule has 0 amide bonds. The molecule has 0 N–H and O–H groups in total. The Morgan fingerprint density at radius 1 is 1.15 bits per heavy atom. The summed E-state index contributed by atoms with van der Waals surface area (Å²) in [7, 11) is -3.63. The maximum atomic E-state index is 12.9. The average Bonchev–Trinajstić information content (AvgIpc) is 2.64. The molecule has 1 saturated heterocycles. The third-order valence-corrected chi connectivity index (χ3v) is 6.18. The molecular formula is C18H21N3O4S. The Morgan fingerprint density at radius 2 is 1.88 bits per heavy atom. The van der Waals surface area contributed by atoms with Crippen LogP contribution in [-0.4, -0.2) is 47.9 Å². The lowest BCUT2D eigenvalue weighted by molar-refractivity contribution is 0.101. The Kier molecular flexibility index (Phi) is 5.33. The summed E-state index contributed by atoms with van der Waals surface area (Å²) in [5.41, 5.74) is 1.28. The highest BCUT2D eigenvalue weighted by atomic mass is 32.2. The number of aryl methyl sites for hydroxylation is 1. The van der Waals surface area contributed by atoms with Gasteiger partial charge in [0.05, 0.1) is 17.1 Å². The molecule has 1 aliphatic rings. The number of carbonyl (C=O) groups excluding carboxylic acids is 1. The zero-order valence-electron chi connectivity index (χ0n) is 14.8. The molecule has 138 valence electrons. The number of rotatable bonds is 5. The van der Waals surface area contributed by atoms with Crippen molar-refractivity contribution in [3.8, 4) is 5.88 Å². The molecule has 1 fully saturated rings. The van der Waals surface area contributed by atoms with Crippen LogP contribution in [0.1, 0.15) is 35.8 Å². The molecule has 1 aromatic heterocycles. The molecule has 26 heavy (non-hydrogen) atoms. The van der Waals surface area contributed by atoms with E-state index in [1.54, 1.807) is 12.1 Å². The molecule has 1 aromatic carbocycles. The molecule has 0 radical (unpaired) electrons. The maximum Gasteiger partial charge on any atom is 0.243 e. The van der Waals surface area contributed by atoms with Gasteiger partial charge in [0.15, 0.2) is 5.78 Å². The van der Waals surface area contributed by atoms with Gasteiger partial charge < -0.3 is 4.74 Å². The van der Waals surface area contributed by atoms with Crippen LogP contribution in [0.4, 0.5) is 0 Å². The standard InChI is InChI=1S/C18H21N3O4S/c1-13-5-10-18(20-19-13)25-16-4-3-11-21(12-16)26(23,24)17-8-6-15(7-9-17)14(2)22/h5-10,16H,3-4,11-12H2,1-2H3. The average molecular weight is 375 g/mol. The van der Waals surface area contributed by atoms with Gasteiger partial charge in [0.1, 0.15) is 6.10 Å². The molecule has 1 atom stereocenters. The predicted octanol–water partition coefficient (Wildman–Crippen LogP) is 2.22. The zero-order valence-corrected chi connectivity index (χ0v) is 15.6. The molecule has 8 heteroatoms. The van der Waals surface area contributed by atoms with Gasteiger partial charge in [0.25, 0.3) is 0 Å². The van der Waals surface area contributed by atoms with E-state index in [1.807, 2.05) is 6.92 Å². The lowest BCUT2D eigenvalue weighted by Gasteiger charge is -2.31. The van der Waals surface area contributed by atoms with Gasteiger partial charge in [-0.15, -0.1) is 5.10 Å². The summed E-state index contributed by atoms with van der Waals surface area (Å²) in [6.45, 7) is 3.98. The number of ketones is 1. The van der Waals surface area contributed by atoms with Crippen LogP contribution in [0.25, 0.3) is 0 Å². The third-order valence-electron chi connectivity index (χ3n) is 4.30. The Bertz CT molecular complexity index is 880. The fraction of sp³-hybridized carbons (Fsp3) is 0.389. The number of sulfonamides is 1. The summed E-state index contributed by atoms with van der Waals surface area (Å²) in [6.07, 6.45) is 1.19. The normalized spacial score (nSPS) is 18.5. The van der Waals surface area contributed by atoms with E-state index >= 15 is 0 Å². The quantitative estimate of drug-likeness (QED) is 0.745. The highest BCUT2D eigenvalue weighted by molar-refractivity contribution is 7.89. The van der Waals surface area contributed by atoms with Crippen molar-refractivity contribution in [1.82, 2.24) is 14.5 Å². The number of hydrogen-bond donors (Lipinski definition) is 0. The molecule has 2 aromatic rings. The number of carbonyl (C=O) groups is 1. The lowest BCUT2D eigenvalue weighted by atomic mass is 10.1. The summed E-state index contributed by atoms with van der Waals surface area (Å²) in [5.74, 6) is 0.297. The first-order valence-electron chi connectivity index (χ1n) is 8.44. The van der Waals surface area contributed by atoms with Crippen molar-refractivity contribution >= 4 is 15.8 Å². The molecule has 1 aliphatic heterocycles. The van der Waals surface area contributed by atoms with Crippen molar-refractivity contribution in [3.63, 3.8) is 0 Å². The van der Waals surface area contributed by atoms with Crippen molar-refractivity contribution in [2.45, 2.75) is 37.7 Å². The summed E-state index contributed by atoms with van der Waals surface area (Å²) < 4.78 is 33.0. The van der Waals surface area contributed by atoms with E-state index in [0.29, 0.717) is 24.4 Å². The molecular weight excluding hydrogens is 354 g/mol. The summed E-state index contributed by atoms with van der Waals surface area (Å²) in [5, 5.41) is 7.92. The SMILES string of the molecule is CC(=O)c1ccc(S(=O)(=O)N2CCCC(Oc3ccc(C)nn3)C2)cc1. The summed E-state index contributed by atoms with van der Waals surface area (Å²) in [6, 6.07) is 9.56. The van der Waals surface area contributed by atoms with E-state index in [2.05, 4.69) is 10.2 Å². The smallest absolute Gasteiger partial charge is 0.243 e. The second-order valence-electron chi connectivity index (χ2n) is 6.34. The fourth-order valence-corrected chi connectivity index (χ4v) is 4.36. The minimum absolute atomic E-state index is 0.0976. The van der Waals surface area contributed by atoms with Crippen molar-refractivity contribution in [2.24, 2.45) is 0 Å². The molecule has 3 rings (SSSR count). The number of ether oxygens (including phenoxy) is 1. The van der Waals surface area contributed by atoms with Crippen LogP contribution in [0.3, 0.4) is 0 Å². The van der Waals surface area contributed by atoms with Gasteiger partial charge in [-0.3, -0.25) is 4.79 Å². The van der Waals surface area contributed by atoms with E-state index in [-0.39, 0.29) is 23.3 Å². The fourth-order valence-electron chi connectivity index (χ4n) is 2.85. The van der Waals surface area contributed by atoms with Gasteiger partial charge in [0, 0.05) is 18.2 Å². The molecule has 0 aliphatic carbocycles. The zero-order chi connectivity index (χ0) is 18.7. The highest BCUT2D eigenvalue weighted by Gasteiger charge is 2.31. The number of aromatic nitrogens is 2. The molecule has 0 saturated carbocycles. The van der Waals surface area contributed by atoms with E-state index in [9.17, 15) is 13.2 Å². The minimum Gasteiger partial charge on any atom is -0.472 e. The molecule has 2 heterocycles. The van der Waals surface area contributed by atoms with Crippen LogP contribution in [0.2, 0.25) is 0 Å². The first kappa shape index (κ1) is 18.5. The van der Waals surface area contributed by atoms with Crippen molar-refractivity contribution < 1.29 is 17.9 Å². The Balaban J connectivity index is 1.73. The van der Waals surface area contributed by atoms with Gasteiger partial charge in [0.2, 0.25) is 15.9 Å². The topological polar surface area (TPSA) is 89.5 Å². The largest absolute Gasteiger partial charge is 0.472 e. The first-order chi connectivity index (χ1) is 12.4. The van der Waals surface area contributed by atoms with E-state index in [1.165, 1.54) is 35.5 Å². The number of piperidine rings is 1. The van der Waals surface area contributed by atoms with Gasteiger partial charge in [-0.2, -0.15) is 9.40 Å². The van der Waals surface area contributed by atoms with Crippen LogP contribution < -0.4 is 4.74 Å². The van der Waals surface area contributed by atoms with Crippen LogP contribution in [0.15, 0.2) is 41.3 Å². The number of benzene rings is 1. The van der Waals surface area contributed by atoms with Gasteiger partial charge in [-0.1, -0.05) is 12.1 Å². The summed E-state index contributed by atoms with van der Waals surface area (Å²) in [4.78, 5) is 11.5. The molecule has 1 unspecified atom stereocenters. The molecule has 7 nitrogen and oxygen atoms in total. The summed E-state index contributed by atoms with van der Waals surface area (Å²) >= 11 is 0. The first-order valence-corrected chi connectivity index (χ1v) is 9.88. The number of hydrogen-bond acceptors (Lipinski definition) is 6. The second-order valence-corrected chi connectivity index (χ2v) is 8.28. The lowest BCUT2D eigenvalue weighted by Crippen LogP contribution is -2.44. The number of Topliss-reactive ketones (excluding diaryl/α,β-unsaturated/α-hetero) is 1. The maximum absolute atomic E-state index is 12.9. The van der Waals surface area contributed by atoms with Crippen LogP contribution >= 0.6 is 0 Å². The Labute approximate surface area is 153 Å². The third kappa shape index (κ3) is 4.08. The monoisotopic (exact) mass is 375 g/mol. The van der Waals surface area contributed by atoms with E-state index in [4.69, 9.17) is 4.74 Å². The van der Waals surface area contributed by atoms with Gasteiger partial charge >= 0.3 is 0 Å². The second kappa shape index (κ2) is 7.51. The minimum atomic E-state index is -3.63. The Hall–Kier alpha value is -2.32. The van der Waals surface area contributed by atoms with Crippen LogP contribution in [0.5, 0.6) is 5.88 Å². The van der Waals surface area contributed by atoms with Gasteiger partial charge in [-0.05, 0) is 44.9 Å². The Morgan fingerprint density at radius 3 is 2.50 bits per heavy atom. The predicted molar refractivity (Wildman–Crippen MR) is 95.6 cm³/mol. The van der Waals surface area contributed by atoms with Crippen molar-refractivity contribution in [3.05, 3.63) is 47.7 Å². The molecule has 0 bridgehead atoms.